The van der Waals surface area contributed by atoms with Crippen LogP contribution in [0.3, 0.4) is 0 Å². The quantitative estimate of drug-likeness (QED) is 0.671. The minimum Gasteiger partial charge on any atom is -0.495 e. The van der Waals surface area contributed by atoms with Gasteiger partial charge in [-0.05, 0) is 56.2 Å². The second-order valence-electron chi connectivity index (χ2n) is 7.59. The Morgan fingerprint density at radius 3 is 2.86 bits per heavy atom. The summed E-state index contributed by atoms with van der Waals surface area (Å²) in [5, 5.41) is 8.24. The number of benzene rings is 1. The predicted octanol–water partition coefficient (Wildman–Crippen LogP) is 2.62. The predicted molar refractivity (Wildman–Crippen MR) is 101 cm³/mol. The highest BCUT2D eigenvalue weighted by Crippen LogP contribution is 2.34. The first-order chi connectivity index (χ1) is 13.5. The molecule has 1 atom stereocenters. The summed E-state index contributed by atoms with van der Waals surface area (Å²) in [5.41, 5.74) is 0. The molecular formula is C19H25FN4O3S. The zero-order chi connectivity index (χ0) is 19.7. The van der Waals surface area contributed by atoms with E-state index in [-0.39, 0.29) is 16.7 Å². The third kappa shape index (κ3) is 3.91. The Morgan fingerprint density at radius 2 is 2.11 bits per heavy atom. The number of aryl methyl sites for hydroxylation is 1. The molecule has 0 bridgehead atoms. The third-order valence-electron chi connectivity index (χ3n) is 5.58. The van der Waals surface area contributed by atoms with Gasteiger partial charge in [0.15, 0.2) is 0 Å². The van der Waals surface area contributed by atoms with E-state index in [0.29, 0.717) is 19.4 Å². The Hall–Kier alpha value is -2.00. The van der Waals surface area contributed by atoms with Gasteiger partial charge in [0.2, 0.25) is 10.0 Å². The average Bonchev–Trinajstić information content (AvgIpc) is 3.17. The summed E-state index contributed by atoms with van der Waals surface area (Å²) in [6.45, 7) is 1.37. The van der Waals surface area contributed by atoms with E-state index in [9.17, 15) is 12.8 Å². The molecule has 2 heterocycles. The summed E-state index contributed by atoms with van der Waals surface area (Å²) < 4.78 is 48.9. The molecule has 2 fully saturated rings. The molecule has 2 aliphatic rings. The molecule has 1 unspecified atom stereocenters. The molecule has 1 aliphatic carbocycles. The first-order valence-electron chi connectivity index (χ1n) is 9.71. The van der Waals surface area contributed by atoms with Crippen LogP contribution in [0, 0.1) is 11.7 Å². The van der Waals surface area contributed by atoms with Crippen molar-refractivity contribution in [1.82, 2.24) is 19.1 Å². The molecule has 28 heavy (non-hydrogen) atoms. The van der Waals surface area contributed by atoms with Crippen LogP contribution < -0.4 is 4.74 Å². The van der Waals surface area contributed by atoms with E-state index in [2.05, 4.69) is 14.8 Å². The summed E-state index contributed by atoms with van der Waals surface area (Å²) in [4.78, 5) is -0.112. The monoisotopic (exact) mass is 408 g/mol. The fraction of sp³-hybridized carbons (Fsp3) is 0.579. The smallest absolute Gasteiger partial charge is 0.247 e. The zero-order valence-corrected chi connectivity index (χ0v) is 16.7. The lowest BCUT2D eigenvalue weighted by atomic mass is 10.1. The Balaban J connectivity index is 1.50. The molecule has 1 aromatic heterocycles. The van der Waals surface area contributed by atoms with Gasteiger partial charge < -0.3 is 9.30 Å². The van der Waals surface area contributed by atoms with Gasteiger partial charge in [-0.15, -0.1) is 10.2 Å². The van der Waals surface area contributed by atoms with E-state index in [1.165, 1.54) is 36.4 Å². The van der Waals surface area contributed by atoms with Gasteiger partial charge in [0.25, 0.3) is 0 Å². The van der Waals surface area contributed by atoms with Gasteiger partial charge in [-0.1, -0.05) is 0 Å². The van der Waals surface area contributed by atoms with Crippen molar-refractivity contribution in [3.63, 3.8) is 0 Å². The van der Waals surface area contributed by atoms with Gasteiger partial charge in [-0.25, -0.2) is 12.8 Å². The van der Waals surface area contributed by atoms with Crippen LogP contribution in [0.4, 0.5) is 4.39 Å². The van der Waals surface area contributed by atoms with Crippen LogP contribution >= 0.6 is 0 Å². The van der Waals surface area contributed by atoms with Crippen molar-refractivity contribution < 1.29 is 17.5 Å². The standard InChI is InChI=1S/C19H25FN4O3S/c1-27-17-8-6-15(20)11-18(17)28(25,26)24-10-2-3-16(24)7-9-19-22-21-13-23(19)12-14-4-5-14/h6,8,11,13-14,16H,2-5,7,9-10,12H2,1H3. The molecule has 7 nitrogen and oxygen atoms in total. The number of aromatic nitrogens is 3. The Kier molecular flexibility index (Phi) is 5.37. The number of sulfonamides is 1. The average molecular weight is 408 g/mol. The number of hydrogen-bond donors (Lipinski definition) is 0. The summed E-state index contributed by atoms with van der Waals surface area (Å²) in [5.74, 6) is 1.19. The van der Waals surface area contributed by atoms with Crippen molar-refractivity contribution in [3.05, 3.63) is 36.2 Å². The lowest BCUT2D eigenvalue weighted by Crippen LogP contribution is -2.36. The highest BCUT2D eigenvalue weighted by molar-refractivity contribution is 7.89. The highest BCUT2D eigenvalue weighted by atomic mass is 32.2. The second kappa shape index (κ2) is 7.79. The van der Waals surface area contributed by atoms with Crippen LogP contribution in [0.5, 0.6) is 5.75 Å². The SMILES string of the molecule is COc1ccc(F)cc1S(=O)(=O)N1CCCC1CCc1nncn1CC1CC1. The van der Waals surface area contributed by atoms with Crippen molar-refractivity contribution in [2.45, 2.75) is 56.0 Å². The summed E-state index contributed by atoms with van der Waals surface area (Å²) in [6.07, 6.45) is 7.17. The Labute approximate surface area is 164 Å². The fourth-order valence-electron chi connectivity index (χ4n) is 3.89. The van der Waals surface area contributed by atoms with E-state index in [1.807, 2.05) is 0 Å². The second-order valence-corrected chi connectivity index (χ2v) is 9.45. The largest absolute Gasteiger partial charge is 0.495 e. The van der Waals surface area contributed by atoms with Gasteiger partial charge in [-0.2, -0.15) is 4.31 Å². The lowest BCUT2D eigenvalue weighted by molar-refractivity contribution is 0.359. The van der Waals surface area contributed by atoms with Crippen LogP contribution in [-0.2, 0) is 23.0 Å². The maximum absolute atomic E-state index is 13.7. The van der Waals surface area contributed by atoms with Crippen LogP contribution in [0.2, 0.25) is 0 Å². The van der Waals surface area contributed by atoms with Crippen molar-refractivity contribution >= 4 is 10.0 Å². The first-order valence-corrected chi connectivity index (χ1v) is 11.1. The molecule has 1 aliphatic heterocycles. The third-order valence-corrected chi connectivity index (χ3v) is 7.56. The summed E-state index contributed by atoms with van der Waals surface area (Å²) in [7, 11) is -2.45. The van der Waals surface area contributed by atoms with Crippen molar-refractivity contribution in [3.8, 4) is 5.75 Å². The number of nitrogens with zero attached hydrogens (tertiary/aromatic N) is 4. The van der Waals surface area contributed by atoms with Crippen molar-refractivity contribution in [2.24, 2.45) is 5.92 Å². The van der Waals surface area contributed by atoms with Gasteiger partial charge in [-0.3, -0.25) is 0 Å². The lowest BCUT2D eigenvalue weighted by Gasteiger charge is -2.25. The molecule has 1 aromatic carbocycles. The molecule has 0 N–H and O–H groups in total. The normalized spacial score (nSPS) is 20.6. The number of ether oxygens (including phenoxy) is 1. The minimum absolute atomic E-state index is 0.112. The van der Waals surface area contributed by atoms with Gasteiger partial charge in [0.1, 0.15) is 28.6 Å². The first kappa shape index (κ1) is 19.3. The summed E-state index contributed by atoms with van der Waals surface area (Å²) in [6, 6.07) is 3.46. The number of hydrogen-bond acceptors (Lipinski definition) is 5. The number of halogens is 1. The molecule has 0 spiro atoms. The van der Waals surface area contributed by atoms with E-state index >= 15 is 0 Å². The minimum atomic E-state index is -3.84. The van der Waals surface area contributed by atoms with Crippen LogP contribution in [-0.4, -0.2) is 47.2 Å². The van der Waals surface area contributed by atoms with Crippen molar-refractivity contribution in [1.29, 1.82) is 0 Å². The molecule has 0 radical (unpaired) electrons. The van der Waals surface area contributed by atoms with Crippen LogP contribution in [0.15, 0.2) is 29.4 Å². The fourth-order valence-corrected chi connectivity index (χ4v) is 5.78. The highest BCUT2D eigenvalue weighted by Gasteiger charge is 2.37. The van der Waals surface area contributed by atoms with Crippen molar-refractivity contribution in [2.75, 3.05) is 13.7 Å². The van der Waals surface area contributed by atoms with Gasteiger partial charge in [0, 0.05) is 25.6 Å². The van der Waals surface area contributed by atoms with Gasteiger partial charge in [0.05, 0.1) is 7.11 Å². The number of methoxy groups -OCH3 is 1. The molecule has 4 rings (SSSR count). The molecule has 0 amide bonds. The van der Waals surface area contributed by atoms with Crippen LogP contribution in [0.25, 0.3) is 0 Å². The van der Waals surface area contributed by atoms with E-state index in [4.69, 9.17) is 4.74 Å². The Morgan fingerprint density at radius 1 is 1.29 bits per heavy atom. The topological polar surface area (TPSA) is 77.3 Å². The molecule has 1 saturated heterocycles. The molecule has 2 aromatic rings. The van der Waals surface area contributed by atoms with E-state index in [0.717, 1.165) is 37.2 Å². The molecular weight excluding hydrogens is 383 g/mol. The van der Waals surface area contributed by atoms with Gasteiger partial charge >= 0.3 is 0 Å². The van der Waals surface area contributed by atoms with E-state index < -0.39 is 15.8 Å². The molecule has 9 heteroatoms. The number of rotatable bonds is 8. The van der Waals surface area contributed by atoms with E-state index in [1.54, 1.807) is 6.33 Å². The maximum Gasteiger partial charge on any atom is 0.247 e. The molecule has 1 saturated carbocycles. The van der Waals surface area contributed by atoms with Crippen LogP contribution in [0.1, 0.15) is 37.9 Å². The molecule has 152 valence electrons. The summed E-state index contributed by atoms with van der Waals surface area (Å²) >= 11 is 0. The Bertz CT molecular complexity index is 942. The zero-order valence-electron chi connectivity index (χ0n) is 15.9. The maximum atomic E-state index is 13.7.